The molecule has 0 radical (unpaired) electrons. The average molecular weight is 310 g/mol. The summed E-state index contributed by atoms with van der Waals surface area (Å²) in [5, 5.41) is 3.70. The van der Waals surface area contributed by atoms with Crippen LogP contribution in [0.4, 0.5) is 0 Å². The van der Waals surface area contributed by atoms with Crippen LogP contribution in [-0.4, -0.2) is 6.04 Å². The molecule has 0 amide bonds. The molecule has 1 nitrogen and oxygen atoms in total. The zero-order valence-corrected chi connectivity index (χ0v) is 13.3. The fourth-order valence-corrected chi connectivity index (χ4v) is 3.04. The van der Waals surface area contributed by atoms with Crippen LogP contribution in [0.5, 0.6) is 0 Å². The fraction of sp³-hybridized carbons (Fsp3) is 0.625. The zero-order chi connectivity index (χ0) is 13.2. The Hall–Kier alpha value is -0.340. The number of rotatable bonds is 3. The SMILES string of the molecule is Cc1ccc(CNC2CCC(C)(C)CC2)cc1Br. The number of aryl methyl sites for hydroxylation is 1. The van der Waals surface area contributed by atoms with Crippen LogP contribution in [0, 0.1) is 12.3 Å². The third kappa shape index (κ3) is 3.83. The Balaban J connectivity index is 1.83. The molecule has 0 saturated heterocycles. The van der Waals surface area contributed by atoms with Gasteiger partial charge in [0.1, 0.15) is 0 Å². The van der Waals surface area contributed by atoms with Gasteiger partial charge in [-0.05, 0) is 55.2 Å². The van der Waals surface area contributed by atoms with Crippen molar-refractivity contribution in [3.63, 3.8) is 0 Å². The first-order valence-electron chi connectivity index (χ1n) is 6.95. The lowest BCUT2D eigenvalue weighted by molar-refractivity contribution is 0.206. The maximum absolute atomic E-state index is 3.70. The molecule has 0 atom stereocenters. The molecular formula is C16H24BrN. The van der Waals surface area contributed by atoms with Crippen molar-refractivity contribution in [2.45, 2.75) is 59.0 Å². The Labute approximate surface area is 119 Å². The van der Waals surface area contributed by atoms with Gasteiger partial charge in [-0.1, -0.05) is 41.9 Å². The molecule has 0 bridgehead atoms. The van der Waals surface area contributed by atoms with Crippen LogP contribution in [0.15, 0.2) is 22.7 Å². The van der Waals surface area contributed by atoms with E-state index in [1.54, 1.807) is 0 Å². The van der Waals surface area contributed by atoms with E-state index in [4.69, 9.17) is 0 Å². The van der Waals surface area contributed by atoms with Crippen LogP contribution < -0.4 is 5.32 Å². The van der Waals surface area contributed by atoms with Gasteiger partial charge in [0.2, 0.25) is 0 Å². The highest BCUT2D eigenvalue weighted by atomic mass is 79.9. The molecule has 100 valence electrons. The van der Waals surface area contributed by atoms with Crippen molar-refractivity contribution in [3.05, 3.63) is 33.8 Å². The first-order valence-corrected chi connectivity index (χ1v) is 7.74. The van der Waals surface area contributed by atoms with Gasteiger partial charge in [0.05, 0.1) is 0 Å². The number of hydrogen-bond acceptors (Lipinski definition) is 1. The van der Waals surface area contributed by atoms with Crippen molar-refractivity contribution in [1.82, 2.24) is 5.32 Å². The quantitative estimate of drug-likeness (QED) is 0.844. The Morgan fingerprint density at radius 1 is 1.28 bits per heavy atom. The molecule has 0 heterocycles. The minimum absolute atomic E-state index is 0.561. The number of halogens is 1. The summed E-state index contributed by atoms with van der Waals surface area (Å²) < 4.78 is 1.21. The summed E-state index contributed by atoms with van der Waals surface area (Å²) in [6.45, 7) is 7.90. The zero-order valence-electron chi connectivity index (χ0n) is 11.7. The van der Waals surface area contributed by atoms with E-state index in [1.165, 1.54) is 41.3 Å². The molecule has 1 saturated carbocycles. The molecule has 18 heavy (non-hydrogen) atoms. The molecule has 1 fully saturated rings. The molecule has 1 aromatic carbocycles. The summed E-state index contributed by atoms with van der Waals surface area (Å²) in [6, 6.07) is 7.35. The van der Waals surface area contributed by atoms with Gasteiger partial charge in [-0.2, -0.15) is 0 Å². The molecule has 1 aromatic rings. The second-order valence-electron chi connectivity index (χ2n) is 6.40. The van der Waals surface area contributed by atoms with Gasteiger partial charge >= 0.3 is 0 Å². The summed E-state index contributed by atoms with van der Waals surface area (Å²) in [7, 11) is 0. The lowest BCUT2D eigenvalue weighted by atomic mass is 9.75. The standard InChI is InChI=1S/C16H24BrN/c1-12-4-5-13(10-15(12)17)11-18-14-6-8-16(2,3)9-7-14/h4-5,10,14,18H,6-9,11H2,1-3H3. The molecule has 2 heteroatoms. The highest BCUT2D eigenvalue weighted by molar-refractivity contribution is 9.10. The number of hydrogen-bond donors (Lipinski definition) is 1. The largest absolute Gasteiger partial charge is 0.310 e. The molecule has 0 spiro atoms. The van der Waals surface area contributed by atoms with Crippen LogP contribution in [0.2, 0.25) is 0 Å². The molecule has 0 unspecified atom stereocenters. The Kier molecular flexibility index (Phi) is 4.50. The highest BCUT2D eigenvalue weighted by Gasteiger charge is 2.26. The summed E-state index contributed by atoms with van der Waals surface area (Å²) >= 11 is 3.60. The van der Waals surface area contributed by atoms with Gasteiger partial charge in [0, 0.05) is 17.1 Å². The summed E-state index contributed by atoms with van der Waals surface area (Å²) in [5.41, 5.74) is 3.24. The second-order valence-corrected chi connectivity index (χ2v) is 7.26. The maximum atomic E-state index is 3.70. The minimum atomic E-state index is 0.561. The van der Waals surface area contributed by atoms with Crippen molar-refractivity contribution in [2.24, 2.45) is 5.41 Å². The van der Waals surface area contributed by atoms with E-state index in [2.05, 4.69) is 60.2 Å². The van der Waals surface area contributed by atoms with Crippen LogP contribution in [-0.2, 0) is 6.54 Å². The fourth-order valence-electron chi connectivity index (χ4n) is 2.61. The molecule has 1 aliphatic carbocycles. The average Bonchev–Trinajstić information content (AvgIpc) is 2.32. The summed E-state index contributed by atoms with van der Waals surface area (Å²) in [6.07, 6.45) is 5.34. The minimum Gasteiger partial charge on any atom is -0.310 e. The van der Waals surface area contributed by atoms with Gasteiger partial charge in [-0.15, -0.1) is 0 Å². The molecule has 2 rings (SSSR count). The highest BCUT2D eigenvalue weighted by Crippen LogP contribution is 2.35. The first kappa shape index (κ1) is 14.1. The van der Waals surface area contributed by atoms with Crippen molar-refractivity contribution in [3.8, 4) is 0 Å². The van der Waals surface area contributed by atoms with Crippen LogP contribution in [0.25, 0.3) is 0 Å². The Morgan fingerprint density at radius 2 is 1.94 bits per heavy atom. The third-order valence-corrected chi connectivity index (χ3v) is 5.02. The van der Waals surface area contributed by atoms with E-state index in [9.17, 15) is 0 Å². The monoisotopic (exact) mass is 309 g/mol. The molecule has 1 aliphatic rings. The maximum Gasteiger partial charge on any atom is 0.0208 e. The Morgan fingerprint density at radius 3 is 2.56 bits per heavy atom. The first-order chi connectivity index (χ1) is 8.46. The lowest BCUT2D eigenvalue weighted by Gasteiger charge is -2.34. The van der Waals surface area contributed by atoms with E-state index in [-0.39, 0.29) is 0 Å². The molecule has 0 aliphatic heterocycles. The van der Waals surface area contributed by atoms with Crippen LogP contribution in [0.3, 0.4) is 0 Å². The predicted molar refractivity (Wildman–Crippen MR) is 81.8 cm³/mol. The topological polar surface area (TPSA) is 12.0 Å². The molecule has 1 N–H and O–H groups in total. The van der Waals surface area contributed by atoms with Crippen molar-refractivity contribution in [1.29, 1.82) is 0 Å². The third-order valence-electron chi connectivity index (χ3n) is 4.17. The van der Waals surface area contributed by atoms with Gasteiger partial charge in [0.25, 0.3) is 0 Å². The predicted octanol–water partition coefficient (Wildman–Crippen LogP) is 4.82. The van der Waals surface area contributed by atoms with E-state index >= 15 is 0 Å². The van der Waals surface area contributed by atoms with E-state index in [0.717, 1.165) is 6.54 Å². The van der Waals surface area contributed by atoms with Crippen molar-refractivity contribution in [2.75, 3.05) is 0 Å². The second kappa shape index (κ2) is 5.75. The summed E-state index contributed by atoms with van der Waals surface area (Å²) in [5.74, 6) is 0. The molecular weight excluding hydrogens is 286 g/mol. The van der Waals surface area contributed by atoms with Gasteiger partial charge < -0.3 is 5.32 Å². The van der Waals surface area contributed by atoms with Gasteiger partial charge in [0.15, 0.2) is 0 Å². The van der Waals surface area contributed by atoms with Crippen molar-refractivity contribution >= 4 is 15.9 Å². The lowest BCUT2D eigenvalue weighted by Crippen LogP contribution is -2.35. The Bertz CT molecular complexity index is 402. The number of benzene rings is 1. The van der Waals surface area contributed by atoms with E-state index in [1.807, 2.05) is 0 Å². The van der Waals surface area contributed by atoms with Crippen LogP contribution >= 0.6 is 15.9 Å². The van der Waals surface area contributed by atoms with Crippen molar-refractivity contribution < 1.29 is 0 Å². The smallest absolute Gasteiger partial charge is 0.0208 e. The molecule has 0 aromatic heterocycles. The van der Waals surface area contributed by atoms with E-state index < -0.39 is 0 Å². The summed E-state index contributed by atoms with van der Waals surface area (Å²) in [4.78, 5) is 0. The van der Waals surface area contributed by atoms with Crippen LogP contribution in [0.1, 0.15) is 50.7 Å². The van der Waals surface area contributed by atoms with Gasteiger partial charge in [-0.3, -0.25) is 0 Å². The number of nitrogens with one attached hydrogen (secondary N) is 1. The normalized spacial score (nSPS) is 20.0. The van der Waals surface area contributed by atoms with Gasteiger partial charge in [-0.25, -0.2) is 0 Å². The van der Waals surface area contributed by atoms with E-state index in [0.29, 0.717) is 11.5 Å².